The highest BCUT2D eigenvalue weighted by Crippen LogP contribution is 2.23. The van der Waals surface area contributed by atoms with Gasteiger partial charge in [-0.25, -0.2) is 4.39 Å². The van der Waals surface area contributed by atoms with Gasteiger partial charge in [-0.2, -0.15) is 0 Å². The second-order valence-electron chi connectivity index (χ2n) is 4.04. The van der Waals surface area contributed by atoms with Gasteiger partial charge in [0.1, 0.15) is 5.82 Å². The van der Waals surface area contributed by atoms with Gasteiger partial charge in [-0.15, -0.1) is 0 Å². The summed E-state index contributed by atoms with van der Waals surface area (Å²) in [5.41, 5.74) is 2.06. The minimum atomic E-state index is -0.386. The van der Waals surface area contributed by atoms with Gasteiger partial charge in [-0.3, -0.25) is 4.79 Å². The lowest BCUT2D eigenvalue weighted by Gasteiger charge is -2.10. The fraction of sp³-hybridized carbons (Fsp3) is 0.0714. The van der Waals surface area contributed by atoms with Gasteiger partial charge in [-0.1, -0.05) is 15.9 Å². The number of carbonyl (C=O) groups is 1. The van der Waals surface area contributed by atoms with Crippen LogP contribution in [0.2, 0.25) is 0 Å². The molecule has 0 unspecified atom stereocenters. The first-order valence-corrected chi connectivity index (χ1v) is 7.08. The van der Waals surface area contributed by atoms with Gasteiger partial charge in [0.05, 0.1) is 5.56 Å². The zero-order chi connectivity index (χ0) is 14.0. The quantitative estimate of drug-likeness (QED) is 0.780. The number of benzene rings is 2. The molecule has 98 valence electrons. The lowest BCUT2D eigenvalue weighted by molar-refractivity contribution is 0.102. The highest BCUT2D eigenvalue weighted by molar-refractivity contribution is 9.10. The molecule has 2 aromatic carbocycles. The van der Waals surface area contributed by atoms with Gasteiger partial charge in [0.25, 0.3) is 5.91 Å². The Balaban J connectivity index is 2.25. The lowest BCUT2D eigenvalue weighted by atomic mass is 10.1. The molecule has 2 nitrogen and oxygen atoms in total. The van der Waals surface area contributed by atoms with Gasteiger partial charge in [0.2, 0.25) is 0 Å². The van der Waals surface area contributed by atoms with Crippen LogP contribution in [0.3, 0.4) is 0 Å². The number of aryl methyl sites for hydroxylation is 1. The van der Waals surface area contributed by atoms with Crippen molar-refractivity contribution >= 4 is 43.5 Å². The molecule has 0 aliphatic rings. The fourth-order valence-corrected chi connectivity index (χ4v) is 2.64. The molecule has 0 fully saturated rings. The van der Waals surface area contributed by atoms with Crippen LogP contribution in [0, 0.1) is 12.7 Å². The monoisotopic (exact) mass is 385 g/mol. The molecule has 0 spiro atoms. The van der Waals surface area contributed by atoms with E-state index in [0.29, 0.717) is 10.0 Å². The summed E-state index contributed by atoms with van der Waals surface area (Å²) < 4.78 is 14.4. The molecule has 2 aromatic rings. The van der Waals surface area contributed by atoms with Gasteiger partial charge >= 0.3 is 0 Å². The molecule has 1 amide bonds. The van der Waals surface area contributed by atoms with E-state index in [-0.39, 0.29) is 11.7 Å². The predicted molar refractivity (Wildman–Crippen MR) is 80.9 cm³/mol. The standard InChI is InChI=1S/C14H10Br2FNO/c1-8-6-9(15)2-5-13(8)18-14(19)11-4-3-10(17)7-12(11)16/h2-7H,1H3,(H,18,19). The van der Waals surface area contributed by atoms with E-state index in [1.165, 1.54) is 18.2 Å². The van der Waals surface area contributed by atoms with Crippen LogP contribution in [0.5, 0.6) is 0 Å². The number of nitrogens with one attached hydrogen (secondary N) is 1. The van der Waals surface area contributed by atoms with Gasteiger partial charge in [0, 0.05) is 14.6 Å². The van der Waals surface area contributed by atoms with Crippen molar-refractivity contribution in [2.75, 3.05) is 5.32 Å². The van der Waals surface area contributed by atoms with E-state index in [2.05, 4.69) is 37.2 Å². The molecule has 2 rings (SSSR count). The first-order chi connectivity index (χ1) is 8.97. The van der Waals surface area contributed by atoms with Crippen molar-refractivity contribution in [3.63, 3.8) is 0 Å². The fourth-order valence-electron chi connectivity index (χ4n) is 1.63. The maximum atomic E-state index is 13.0. The van der Waals surface area contributed by atoms with E-state index < -0.39 is 0 Å². The Morgan fingerprint density at radius 3 is 2.53 bits per heavy atom. The third-order valence-corrected chi connectivity index (χ3v) is 3.76. The van der Waals surface area contributed by atoms with E-state index in [0.717, 1.165) is 15.7 Å². The van der Waals surface area contributed by atoms with E-state index in [1.54, 1.807) is 0 Å². The second-order valence-corrected chi connectivity index (χ2v) is 5.81. The third-order valence-electron chi connectivity index (χ3n) is 2.61. The Kier molecular flexibility index (Phi) is 4.37. The Hall–Kier alpha value is -1.20. The Morgan fingerprint density at radius 2 is 1.89 bits per heavy atom. The Bertz CT molecular complexity index is 643. The molecule has 0 saturated heterocycles. The predicted octanol–water partition coefficient (Wildman–Crippen LogP) is 4.91. The zero-order valence-corrected chi connectivity index (χ0v) is 13.2. The van der Waals surface area contributed by atoms with Gasteiger partial charge in [0.15, 0.2) is 0 Å². The first-order valence-electron chi connectivity index (χ1n) is 5.50. The number of hydrogen-bond donors (Lipinski definition) is 1. The van der Waals surface area contributed by atoms with Crippen LogP contribution in [0.4, 0.5) is 10.1 Å². The maximum absolute atomic E-state index is 13.0. The summed E-state index contributed by atoms with van der Waals surface area (Å²) in [6.07, 6.45) is 0. The average molecular weight is 387 g/mol. The van der Waals surface area contributed by atoms with Crippen LogP contribution in [0.15, 0.2) is 45.3 Å². The van der Waals surface area contributed by atoms with Crippen LogP contribution < -0.4 is 5.32 Å². The van der Waals surface area contributed by atoms with Crippen LogP contribution >= 0.6 is 31.9 Å². The van der Waals surface area contributed by atoms with Crippen LogP contribution in [0.25, 0.3) is 0 Å². The Labute approximate surface area is 127 Å². The van der Waals surface area contributed by atoms with Crippen molar-refractivity contribution in [2.24, 2.45) is 0 Å². The number of amides is 1. The lowest BCUT2D eigenvalue weighted by Crippen LogP contribution is -2.13. The normalized spacial score (nSPS) is 10.3. The smallest absolute Gasteiger partial charge is 0.256 e. The molecule has 19 heavy (non-hydrogen) atoms. The van der Waals surface area contributed by atoms with Gasteiger partial charge in [-0.05, 0) is 64.8 Å². The van der Waals surface area contributed by atoms with Gasteiger partial charge < -0.3 is 5.32 Å². The van der Waals surface area contributed by atoms with E-state index >= 15 is 0 Å². The van der Waals surface area contributed by atoms with E-state index in [4.69, 9.17) is 0 Å². The maximum Gasteiger partial charge on any atom is 0.256 e. The summed E-state index contributed by atoms with van der Waals surface area (Å²) in [5, 5.41) is 2.80. The summed E-state index contributed by atoms with van der Waals surface area (Å²) >= 11 is 6.55. The molecule has 0 radical (unpaired) electrons. The molecule has 5 heteroatoms. The zero-order valence-electron chi connectivity index (χ0n) is 10.0. The number of anilines is 1. The third kappa shape index (κ3) is 3.42. The highest BCUT2D eigenvalue weighted by atomic mass is 79.9. The SMILES string of the molecule is Cc1cc(Br)ccc1NC(=O)c1ccc(F)cc1Br. The first kappa shape index (κ1) is 14.2. The minimum absolute atomic E-state index is 0.280. The Morgan fingerprint density at radius 1 is 1.16 bits per heavy atom. The van der Waals surface area contributed by atoms with Crippen molar-refractivity contribution < 1.29 is 9.18 Å². The van der Waals surface area contributed by atoms with Crippen LogP contribution in [-0.4, -0.2) is 5.91 Å². The summed E-state index contributed by atoms with van der Waals surface area (Å²) in [6, 6.07) is 9.55. The summed E-state index contributed by atoms with van der Waals surface area (Å²) in [6.45, 7) is 1.90. The second kappa shape index (κ2) is 5.84. The molecule has 0 bridgehead atoms. The minimum Gasteiger partial charge on any atom is -0.322 e. The number of rotatable bonds is 2. The number of carbonyl (C=O) groups excluding carboxylic acids is 1. The molecule has 0 aliphatic heterocycles. The van der Waals surface area contributed by atoms with Crippen molar-refractivity contribution in [2.45, 2.75) is 6.92 Å². The molecule has 1 N–H and O–H groups in total. The molecule has 0 saturated carbocycles. The average Bonchev–Trinajstić information content (AvgIpc) is 2.32. The number of halogens is 3. The van der Waals surface area contributed by atoms with E-state index in [1.807, 2.05) is 25.1 Å². The van der Waals surface area contributed by atoms with Crippen molar-refractivity contribution in [3.8, 4) is 0 Å². The highest BCUT2D eigenvalue weighted by Gasteiger charge is 2.12. The summed E-state index contributed by atoms with van der Waals surface area (Å²) in [4.78, 5) is 12.1. The van der Waals surface area contributed by atoms with Crippen molar-refractivity contribution in [1.29, 1.82) is 0 Å². The van der Waals surface area contributed by atoms with Crippen LogP contribution in [-0.2, 0) is 0 Å². The molecule has 0 heterocycles. The summed E-state index contributed by atoms with van der Waals surface area (Å²) in [7, 11) is 0. The molecular weight excluding hydrogens is 377 g/mol. The van der Waals surface area contributed by atoms with E-state index in [9.17, 15) is 9.18 Å². The van der Waals surface area contributed by atoms with Crippen molar-refractivity contribution in [3.05, 3.63) is 62.3 Å². The number of hydrogen-bond acceptors (Lipinski definition) is 1. The van der Waals surface area contributed by atoms with Crippen molar-refractivity contribution in [1.82, 2.24) is 0 Å². The molecular formula is C14H10Br2FNO. The van der Waals surface area contributed by atoms with Crippen LogP contribution in [0.1, 0.15) is 15.9 Å². The largest absolute Gasteiger partial charge is 0.322 e. The topological polar surface area (TPSA) is 29.1 Å². The summed E-state index contributed by atoms with van der Waals surface area (Å²) in [5.74, 6) is -0.666. The molecule has 0 aliphatic carbocycles. The molecule has 0 atom stereocenters. The molecule has 0 aromatic heterocycles.